The fraction of sp³-hybridized carbons (Fsp3) is 0.462. The number of carboxylic acid groups (broad SMARTS) is 1. The molecule has 1 N–H and O–H groups in total. The second-order valence-corrected chi connectivity index (χ2v) is 5.60. The highest BCUT2D eigenvalue weighted by molar-refractivity contribution is 6.62. The molecule has 1 aromatic carbocycles. The highest BCUT2D eigenvalue weighted by Gasteiger charge is 2.52. The average Bonchev–Trinajstić information content (AvgIpc) is 2.47. The lowest BCUT2D eigenvalue weighted by atomic mass is 9.78. The Balaban J connectivity index is 2.40. The molecule has 0 aliphatic carbocycles. The normalized spacial score (nSPS) is 20.6. The van der Waals surface area contributed by atoms with Crippen LogP contribution in [-0.2, 0) is 9.31 Å². The second kappa shape index (κ2) is 4.32. The summed E-state index contributed by atoms with van der Waals surface area (Å²) in [6.07, 6.45) is 0. The molecule has 1 aromatic rings. The van der Waals surface area contributed by atoms with E-state index in [1.165, 1.54) is 18.2 Å². The van der Waals surface area contributed by atoms with Crippen LogP contribution in [-0.4, -0.2) is 29.4 Å². The van der Waals surface area contributed by atoms with Crippen molar-refractivity contribution in [2.75, 3.05) is 0 Å². The van der Waals surface area contributed by atoms with Crippen molar-refractivity contribution >= 4 is 18.6 Å². The summed E-state index contributed by atoms with van der Waals surface area (Å²) in [5.41, 5.74) is -1.46. The number of rotatable bonds is 2. The Morgan fingerprint density at radius 3 is 2.21 bits per heavy atom. The van der Waals surface area contributed by atoms with Crippen LogP contribution in [0, 0.1) is 5.82 Å². The molecular formula is C13H16BFO4. The van der Waals surface area contributed by atoms with E-state index in [-0.39, 0.29) is 11.0 Å². The highest BCUT2D eigenvalue weighted by Crippen LogP contribution is 2.36. The first kappa shape index (κ1) is 14.0. The summed E-state index contributed by atoms with van der Waals surface area (Å²) < 4.78 is 25.6. The molecule has 4 nitrogen and oxygen atoms in total. The molecule has 0 bridgehead atoms. The van der Waals surface area contributed by atoms with Gasteiger partial charge in [0.25, 0.3) is 0 Å². The molecule has 1 fully saturated rings. The lowest BCUT2D eigenvalue weighted by molar-refractivity contribution is 0.00578. The van der Waals surface area contributed by atoms with Gasteiger partial charge >= 0.3 is 13.1 Å². The van der Waals surface area contributed by atoms with Crippen molar-refractivity contribution in [1.29, 1.82) is 0 Å². The summed E-state index contributed by atoms with van der Waals surface area (Å²) in [7, 11) is -0.899. The molecule has 1 saturated heterocycles. The van der Waals surface area contributed by atoms with E-state index < -0.39 is 30.1 Å². The first-order valence-corrected chi connectivity index (χ1v) is 6.03. The number of carbonyl (C=O) groups is 1. The Kier molecular flexibility index (Phi) is 3.19. The molecule has 1 heterocycles. The van der Waals surface area contributed by atoms with Crippen molar-refractivity contribution < 1.29 is 23.6 Å². The maximum Gasteiger partial charge on any atom is 0.497 e. The summed E-state index contributed by atoms with van der Waals surface area (Å²) in [6.45, 7) is 7.41. The third-order valence-electron chi connectivity index (χ3n) is 3.77. The van der Waals surface area contributed by atoms with E-state index in [0.29, 0.717) is 0 Å². The van der Waals surface area contributed by atoms with Gasteiger partial charge in [0.2, 0.25) is 0 Å². The van der Waals surface area contributed by atoms with E-state index in [1.807, 2.05) is 27.7 Å². The van der Waals surface area contributed by atoms with Crippen LogP contribution in [0.25, 0.3) is 0 Å². The zero-order valence-electron chi connectivity index (χ0n) is 11.4. The molecule has 0 aromatic heterocycles. The van der Waals surface area contributed by atoms with Crippen molar-refractivity contribution in [2.45, 2.75) is 38.9 Å². The predicted molar refractivity (Wildman–Crippen MR) is 69.1 cm³/mol. The van der Waals surface area contributed by atoms with Crippen LogP contribution in [0.15, 0.2) is 18.2 Å². The highest BCUT2D eigenvalue weighted by atomic mass is 19.1. The largest absolute Gasteiger partial charge is 0.497 e. The van der Waals surface area contributed by atoms with Gasteiger partial charge in [-0.1, -0.05) is 12.1 Å². The van der Waals surface area contributed by atoms with Gasteiger partial charge in [-0.3, -0.25) is 0 Å². The Hall–Kier alpha value is -1.40. The molecule has 0 saturated carbocycles. The van der Waals surface area contributed by atoms with Crippen LogP contribution in [0.1, 0.15) is 38.1 Å². The molecule has 1 aliphatic rings. The summed E-state index contributed by atoms with van der Waals surface area (Å²) in [5.74, 6) is -2.12. The van der Waals surface area contributed by atoms with E-state index in [1.54, 1.807) is 0 Å². The molecule has 0 amide bonds. The number of hydrogen-bond donors (Lipinski definition) is 1. The first-order chi connectivity index (χ1) is 8.66. The maximum atomic E-state index is 14.1. The zero-order chi connectivity index (χ0) is 14.4. The van der Waals surface area contributed by atoms with Gasteiger partial charge in [-0.2, -0.15) is 0 Å². The molecule has 19 heavy (non-hydrogen) atoms. The van der Waals surface area contributed by atoms with Crippen molar-refractivity contribution in [2.24, 2.45) is 0 Å². The average molecular weight is 266 g/mol. The van der Waals surface area contributed by atoms with Crippen molar-refractivity contribution in [1.82, 2.24) is 0 Å². The van der Waals surface area contributed by atoms with E-state index in [4.69, 9.17) is 14.4 Å². The minimum atomic E-state index is -1.31. The number of aromatic carboxylic acids is 1. The van der Waals surface area contributed by atoms with Gasteiger partial charge in [-0.25, -0.2) is 9.18 Å². The minimum absolute atomic E-state index is 0.110. The fourth-order valence-electron chi connectivity index (χ4n) is 1.87. The third-order valence-corrected chi connectivity index (χ3v) is 3.77. The van der Waals surface area contributed by atoms with Crippen LogP contribution >= 0.6 is 0 Å². The van der Waals surface area contributed by atoms with Gasteiger partial charge in [-0.15, -0.1) is 0 Å². The topological polar surface area (TPSA) is 55.8 Å². The number of hydrogen-bond acceptors (Lipinski definition) is 3. The summed E-state index contributed by atoms with van der Waals surface area (Å²) in [6, 6.07) is 4.17. The maximum absolute atomic E-state index is 14.1. The SMILES string of the molecule is CC1(C)OB(c2cccc(C(=O)O)c2F)OC1(C)C. The van der Waals surface area contributed by atoms with Crippen molar-refractivity contribution in [3.63, 3.8) is 0 Å². The summed E-state index contributed by atoms with van der Waals surface area (Å²) >= 11 is 0. The number of benzene rings is 1. The molecule has 1 aliphatic heterocycles. The summed E-state index contributed by atoms with van der Waals surface area (Å²) in [4.78, 5) is 10.9. The molecule has 0 atom stereocenters. The van der Waals surface area contributed by atoms with Crippen LogP contribution < -0.4 is 5.46 Å². The quantitative estimate of drug-likeness (QED) is 0.829. The molecule has 0 radical (unpaired) electrons. The Labute approximate surface area is 111 Å². The van der Waals surface area contributed by atoms with Crippen LogP contribution in [0.4, 0.5) is 4.39 Å². The Morgan fingerprint density at radius 2 is 1.74 bits per heavy atom. The van der Waals surface area contributed by atoms with Crippen molar-refractivity contribution in [3.05, 3.63) is 29.6 Å². The van der Waals surface area contributed by atoms with Crippen molar-refractivity contribution in [3.8, 4) is 0 Å². The molecule has 2 rings (SSSR count). The van der Waals surface area contributed by atoms with Crippen LogP contribution in [0.5, 0.6) is 0 Å². The zero-order valence-corrected chi connectivity index (χ0v) is 11.4. The monoisotopic (exact) mass is 266 g/mol. The van der Waals surface area contributed by atoms with Gasteiger partial charge in [-0.05, 0) is 33.8 Å². The molecule has 6 heteroatoms. The standard InChI is InChI=1S/C13H16BFO4/c1-12(2)13(3,4)19-14(18-12)9-7-5-6-8(10(9)15)11(16)17/h5-7H,1-4H3,(H,16,17). The third kappa shape index (κ3) is 2.26. The lowest BCUT2D eigenvalue weighted by Gasteiger charge is -2.32. The second-order valence-electron chi connectivity index (χ2n) is 5.60. The molecule has 0 unspecified atom stereocenters. The lowest BCUT2D eigenvalue weighted by Crippen LogP contribution is -2.41. The van der Waals surface area contributed by atoms with E-state index in [2.05, 4.69) is 0 Å². The van der Waals surface area contributed by atoms with Gasteiger partial charge < -0.3 is 14.4 Å². The van der Waals surface area contributed by atoms with Gasteiger partial charge in [0.1, 0.15) is 5.82 Å². The minimum Gasteiger partial charge on any atom is -0.478 e. The molecule has 102 valence electrons. The van der Waals surface area contributed by atoms with Gasteiger partial charge in [0.15, 0.2) is 0 Å². The first-order valence-electron chi connectivity index (χ1n) is 6.03. The van der Waals surface area contributed by atoms with E-state index >= 15 is 0 Å². The predicted octanol–water partition coefficient (Wildman–Crippen LogP) is 1.82. The number of carboxylic acids is 1. The Bertz CT molecular complexity index is 511. The fourth-order valence-corrected chi connectivity index (χ4v) is 1.87. The molecular weight excluding hydrogens is 250 g/mol. The molecule has 0 spiro atoms. The Morgan fingerprint density at radius 1 is 1.21 bits per heavy atom. The van der Waals surface area contributed by atoms with E-state index in [9.17, 15) is 9.18 Å². The van der Waals surface area contributed by atoms with E-state index in [0.717, 1.165) is 0 Å². The number of halogens is 1. The summed E-state index contributed by atoms with van der Waals surface area (Å²) in [5, 5.41) is 8.92. The van der Waals surface area contributed by atoms with Crippen LogP contribution in [0.2, 0.25) is 0 Å². The van der Waals surface area contributed by atoms with Crippen LogP contribution in [0.3, 0.4) is 0 Å². The van der Waals surface area contributed by atoms with Gasteiger partial charge in [0.05, 0.1) is 16.8 Å². The smallest absolute Gasteiger partial charge is 0.478 e. The van der Waals surface area contributed by atoms with Gasteiger partial charge in [0, 0.05) is 5.46 Å².